The molecule has 20 heavy (non-hydrogen) atoms. The quantitative estimate of drug-likeness (QED) is 0.934. The average Bonchev–Trinajstić information content (AvgIpc) is 3.00. The van der Waals surface area contributed by atoms with Gasteiger partial charge in [0.25, 0.3) is 0 Å². The monoisotopic (exact) mass is 288 g/mol. The largest absolute Gasteiger partial charge is 0.486 e. The normalized spacial score (nSPS) is 17.2. The van der Waals surface area contributed by atoms with Gasteiger partial charge in [-0.1, -0.05) is 12.1 Å². The van der Waals surface area contributed by atoms with Crippen LogP contribution in [0.2, 0.25) is 0 Å². The van der Waals surface area contributed by atoms with Gasteiger partial charge in [0, 0.05) is 10.9 Å². The SMILES string of the molecule is CNC1CCc2c(OCc3nc(C)c(C)s3)cccc21. The van der Waals surface area contributed by atoms with Crippen molar-refractivity contribution >= 4 is 11.3 Å². The zero-order valence-electron chi connectivity index (χ0n) is 12.2. The van der Waals surface area contributed by atoms with Gasteiger partial charge < -0.3 is 10.1 Å². The minimum atomic E-state index is 0.470. The molecule has 1 aromatic heterocycles. The molecule has 106 valence electrons. The summed E-state index contributed by atoms with van der Waals surface area (Å²) in [6, 6.07) is 6.83. The maximum absolute atomic E-state index is 6.02. The molecule has 0 saturated carbocycles. The molecule has 1 atom stereocenters. The number of rotatable bonds is 4. The van der Waals surface area contributed by atoms with Crippen LogP contribution in [0.4, 0.5) is 0 Å². The van der Waals surface area contributed by atoms with Crippen molar-refractivity contribution in [2.75, 3.05) is 7.05 Å². The fourth-order valence-corrected chi connectivity index (χ4v) is 3.64. The van der Waals surface area contributed by atoms with Crippen molar-refractivity contribution in [3.63, 3.8) is 0 Å². The Morgan fingerprint density at radius 1 is 1.40 bits per heavy atom. The van der Waals surface area contributed by atoms with E-state index >= 15 is 0 Å². The second-order valence-electron chi connectivity index (χ2n) is 5.24. The number of fused-ring (bicyclic) bond motifs is 1. The molecule has 2 aromatic rings. The fraction of sp³-hybridized carbons (Fsp3) is 0.438. The first-order chi connectivity index (χ1) is 9.69. The van der Waals surface area contributed by atoms with Gasteiger partial charge in [0.15, 0.2) is 0 Å². The van der Waals surface area contributed by atoms with Crippen molar-refractivity contribution in [2.45, 2.75) is 39.3 Å². The third kappa shape index (κ3) is 2.45. The Balaban J connectivity index is 1.77. The van der Waals surface area contributed by atoms with E-state index in [0.29, 0.717) is 12.6 Å². The number of hydrogen-bond acceptors (Lipinski definition) is 4. The standard InChI is InChI=1S/C16H20N2OS/c1-10-11(2)20-16(18-10)9-19-15-6-4-5-12-13(15)7-8-14(12)17-3/h4-6,14,17H,7-9H2,1-3H3. The summed E-state index contributed by atoms with van der Waals surface area (Å²) in [5, 5.41) is 4.42. The highest BCUT2D eigenvalue weighted by Gasteiger charge is 2.23. The van der Waals surface area contributed by atoms with Gasteiger partial charge in [0.1, 0.15) is 17.4 Å². The number of hydrogen-bond donors (Lipinski definition) is 1. The summed E-state index contributed by atoms with van der Waals surface area (Å²) in [4.78, 5) is 5.81. The van der Waals surface area contributed by atoms with Crippen LogP contribution < -0.4 is 10.1 Å². The van der Waals surface area contributed by atoms with E-state index in [9.17, 15) is 0 Å². The molecular weight excluding hydrogens is 268 g/mol. The first kappa shape index (κ1) is 13.6. The van der Waals surface area contributed by atoms with Crippen molar-refractivity contribution in [1.82, 2.24) is 10.3 Å². The number of nitrogens with zero attached hydrogens (tertiary/aromatic N) is 1. The number of aryl methyl sites for hydroxylation is 2. The van der Waals surface area contributed by atoms with Crippen LogP contribution >= 0.6 is 11.3 Å². The van der Waals surface area contributed by atoms with Crippen molar-refractivity contribution in [2.24, 2.45) is 0 Å². The summed E-state index contributed by atoms with van der Waals surface area (Å²) in [6.45, 7) is 4.72. The molecular formula is C16H20N2OS. The lowest BCUT2D eigenvalue weighted by atomic mass is 10.1. The molecule has 1 unspecified atom stereocenters. The molecule has 0 saturated heterocycles. The topological polar surface area (TPSA) is 34.1 Å². The minimum Gasteiger partial charge on any atom is -0.486 e. The van der Waals surface area contributed by atoms with Crippen LogP contribution in [0.25, 0.3) is 0 Å². The van der Waals surface area contributed by atoms with E-state index in [2.05, 4.69) is 35.4 Å². The van der Waals surface area contributed by atoms with Gasteiger partial charge in [0.2, 0.25) is 0 Å². The van der Waals surface area contributed by atoms with E-state index in [1.54, 1.807) is 11.3 Å². The highest BCUT2D eigenvalue weighted by atomic mass is 32.1. The van der Waals surface area contributed by atoms with E-state index in [0.717, 1.165) is 29.3 Å². The molecule has 1 aliphatic carbocycles. The predicted molar refractivity (Wildman–Crippen MR) is 82.5 cm³/mol. The van der Waals surface area contributed by atoms with Gasteiger partial charge in [0.05, 0.1) is 5.69 Å². The predicted octanol–water partition coefficient (Wildman–Crippen LogP) is 3.55. The smallest absolute Gasteiger partial charge is 0.140 e. The molecule has 0 fully saturated rings. The van der Waals surface area contributed by atoms with Crippen LogP contribution in [0.5, 0.6) is 5.75 Å². The minimum absolute atomic E-state index is 0.470. The van der Waals surface area contributed by atoms with E-state index in [-0.39, 0.29) is 0 Å². The fourth-order valence-electron chi connectivity index (χ4n) is 2.80. The van der Waals surface area contributed by atoms with Crippen LogP contribution in [-0.2, 0) is 13.0 Å². The molecule has 0 aliphatic heterocycles. The van der Waals surface area contributed by atoms with E-state index in [4.69, 9.17) is 4.74 Å². The van der Waals surface area contributed by atoms with E-state index < -0.39 is 0 Å². The second kappa shape index (κ2) is 5.54. The Labute approximate surface area is 124 Å². The number of thiazole rings is 1. The van der Waals surface area contributed by atoms with Crippen LogP contribution in [0, 0.1) is 13.8 Å². The molecule has 0 amide bonds. The van der Waals surface area contributed by atoms with Crippen LogP contribution in [-0.4, -0.2) is 12.0 Å². The number of ether oxygens (including phenoxy) is 1. The molecule has 1 aliphatic rings. The molecule has 1 N–H and O–H groups in total. The van der Waals surface area contributed by atoms with Crippen LogP contribution in [0.15, 0.2) is 18.2 Å². The zero-order valence-corrected chi connectivity index (χ0v) is 13.0. The van der Waals surface area contributed by atoms with Gasteiger partial charge in [-0.25, -0.2) is 4.98 Å². The zero-order chi connectivity index (χ0) is 14.1. The Hall–Kier alpha value is -1.39. The molecule has 1 aromatic carbocycles. The maximum atomic E-state index is 6.02. The van der Waals surface area contributed by atoms with Crippen LogP contribution in [0.3, 0.4) is 0 Å². The third-order valence-electron chi connectivity index (χ3n) is 4.00. The highest BCUT2D eigenvalue weighted by molar-refractivity contribution is 7.11. The van der Waals surface area contributed by atoms with Crippen molar-refractivity contribution in [3.05, 3.63) is 44.9 Å². The van der Waals surface area contributed by atoms with Gasteiger partial charge in [-0.3, -0.25) is 0 Å². The summed E-state index contributed by atoms with van der Waals surface area (Å²) in [5.41, 5.74) is 3.86. The lowest BCUT2D eigenvalue weighted by molar-refractivity contribution is 0.302. The van der Waals surface area contributed by atoms with Gasteiger partial charge in [-0.2, -0.15) is 0 Å². The molecule has 1 heterocycles. The Kier molecular flexibility index (Phi) is 3.76. The highest BCUT2D eigenvalue weighted by Crippen LogP contribution is 2.37. The Morgan fingerprint density at radius 2 is 2.25 bits per heavy atom. The number of aromatic nitrogens is 1. The average molecular weight is 288 g/mol. The summed E-state index contributed by atoms with van der Waals surface area (Å²) in [7, 11) is 2.02. The molecule has 0 radical (unpaired) electrons. The van der Waals surface area contributed by atoms with Gasteiger partial charge in [-0.05, 0) is 50.9 Å². The Bertz CT molecular complexity index is 601. The van der Waals surface area contributed by atoms with E-state index in [1.807, 2.05) is 14.0 Å². The first-order valence-corrected chi connectivity index (χ1v) is 7.85. The maximum Gasteiger partial charge on any atom is 0.140 e. The lowest BCUT2D eigenvalue weighted by Crippen LogP contribution is -2.12. The van der Waals surface area contributed by atoms with Crippen molar-refractivity contribution in [1.29, 1.82) is 0 Å². The van der Waals surface area contributed by atoms with Gasteiger partial charge >= 0.3 is 0 Å². The molecule has 3 rings (SSSR count). The summed E-state index contributed by atoms with van der Waals surface area (Å²) >= 11 is 1.72. The third-order valence-corrected chi connectivity index (χ3v) is 5.05. The summed E-state index contributed by atoms with van der Waals surface area (Å²) in [6.07, 6.45) is 2.24. The molecule has 4 heteroatoms. The van der Waals surface area contributed by atoms with Gasteiger partial charge in [-0.15, -0.1) is 11.3 Å². The number of nitrogens with one attached hydrogen (secondary N) is 1. The number of benzene rings is 1. The van der Waals surface area contributed by atoms with Crippen molar-refractivity contribution < 1.29 is 4.74 Å². The Morgan fingerprint density at radius 3 is 2.95 bits per heavy atom. The summed E-state index contributed by atoms with van der Waals surface area (Å²) in [5.74, 6) is 1.02. The summed E-state index contributed by atoms with van der Waals surface area (Å²) < 4.78 is 6.02. The lowest BCUT2D eigenvalue weighted by Gasteiger charge is -2.12. The molecule has 0 spiro atoms. The second-order valence-corrected chi connectivity index (χ2v) is 6.53. The van der Waals surface area contributed by atoms with Crippen molar-refractivity contribution in [3.8, 4) is 5.75 Å². The molecule has 3 nitrogen and oxygen atoms in total. The first-order valence-electron chi connectivity index (χ1n) is 7.03. The van der Waals surface area contributed by atoms with Crippen LogP contribution in [0.1, 0.15) is 39.2 Å². The molecule has 0 bridgehead atoms. The van der Waals surface area contributed by atoms with E-state index in [1.165, 1.54) is 16.0 Å².